The minimum atomic E-state index is -0.580. The van der Waals surface area contributed by atoms with E-state index in [-0.39, 0.29) is 37.0 Å². The van der Waals surface area contributed by atoms with E-state index in [4.69, 9.17) is 4.74 Å². The Bertz CT molecular complexity index is 978. The summed E-state index contributed by atoms with van der Waals surface area (Å²) in [5.74, 6) is 1.23. The molecule has 0 aliphatic heterocycles. The normalized spacial score (nSPS) is 11.6. The van der Waals surface area contributed by atoms with Crippen molar-refractivity contribution in [1.82, 2.24) is 19.9 Å². The van der Waals surface area contributed by atoms with Crippen molar-refractivity contribution in [2.24, 2.45) is 7.05 Å². The molecule has 158 valence electrons. The number of aromatic nitrogens is 3. The molecule has 1 unspecified atom stereocenters. The lowest BCUT2D eigenvalue weighted by molar-refractivity contribution is 0.104. The molecule has 2 heterocycles. The molecule has 1 aromatic carbocycles. The van der Waals surface area contributed by atoms with Gasteiger partial charge in [0.1, 0.15) is 24.3 Å². The van der Waals surface area contributed by atoms with Gasteiger partial charge in [0.15, 0.2) is 0 Å². The molecule has 2 aromatic heterocycles. The summed E-state index contributed by atoms with van der Waals surface area (Å²) in [6.07, 6.45) is 2.57. The maximum Gasteiger partial charge on any atom is 0.262 e. The largest absolute Gasteiger partial charge is 0.491 e. The first-order valence-electron chi connectivity index (χ1n) is 8.91. The van der Waals surface area contributed by atoms with E-state index >= 15 is 0 Å². The predicted molar refractivity (Wildman–Crippen MR) is 119 cm³/mol. The van der Waals surface area contributed by atoms with Gasteiger partial charge in [-0.2, -0.15) is 0 Å². The molecule has 0 aliphatic rings. The molecule has 29 heavy (non-hydrogen) atoms. The first-order valence-corrected chi connectivity index (χ1v) is 8.91. The van der Waals surface area contributed by atoms with E-state index in [0.717, 1.165) is 5.56 Å². The van der Waals surface area contributed by atoms with Crippen LogP contribution < -0.4 is 15.6 Å². The lowest BCUT2D eigenvalue weighted by Gasteiger charge is -2.15. The molecule has 0 bridgehead atoms. The fraction of sp³-hybridized carbons (Fsp3) is 0.350. The van der Waals surface area contributed by atoms with Gasteiger partial charge in [0, 0.05) is 37.6 Å². The van der Waals surface area contributed by atoms with Crippen LogP contribution in [0.25, 0.3) is 22.3 Å². The van der Waals surface area contributed by atoms with Gasteiger partial charge in [-0.25, -0.2) is 4.98 Å². The summed E-state index contributed by atoms with van der Waals surface area (Å²) in [5, 5.41) is 13.6. The van der Waals surface area contributed by atoms with Gasteiger partial charge < -0.3 is 15.2 Å². The predicted octanol–water partition coefficient (Wildman–Crippen LogP) is 2.58. The van der Waals surface area contributed by atoms with Crippen LogP contribution in [0.15, 0.2) is 47.5 Å². The number of rotatable bonds is 7. The zero-order valence-electron chi connectivity index (χ0n) is 16.5. The van der Waals surface area contributed by atoms with Crippen LogP contribution in [0, 0.1) is 0 Å². The van der Waals surface area contributed by atoms with E-state index in [0.29, 0.717) is 35.1 Å². The van der Waals surface area contributed by atoms with Crippen molar-refractivity contribution in [3.05, 3.63) is 53.1 Å². The van der Waals surface area contributed by atoms with Gasteiger partial charge in [0.25, 0.3) is 5.56 Å². The minimum Gasteiger partial charge on any atom is -0.491 e. The molecule has 3 rings (SSSR count). The summed E-state index contributed by atoms with van der Waals surface area (Å²) in [6.45, 7) is 4.74. The second kappa shape index (κ2) is 11.1. The van der Waals surface area contributed by atoms with Crippen LogP contribution in [-0.2, 0) is 7.05 Å². The summed E-state index contributed by atoms with van der Waals surface area (Å²) < 4.78 is 7.14. The third kappa shape index (κ3) is 6.14. The monoisotopic (exact) mass is 440 g/mol. The van der Waals surface area contributed by atoms with Gasteiger partial charge in [0.2, 0.25) is 0 Å². The third-order valence-corrected chi connectivity index (χ3v) is 4.19. The van der Waals surface area contributed by atoms with Crippen molar-refractivity contribution in [3.8, 4) is 17.1 Å². The van der Waals surface area contributed by atoms with Crippen molar-refractivity contribution in [1.29, 1.82) is 0 Å². The zero-order valence-corrected chi connectivity index (χ0v) is 18.2. The molecule has 0 radical (unpaired) electrons. The molecule has 0 spiro atoms. The topological polar surface area (TPSA) is 89.3 Å². The van der Waals surface area contributed by atoms with Crippen LogP contribution in [-0.4, -0.2) is 44.9 Å². The van der Waals surface area contributed by atoms with Gasteiger partial charge in [-0.1, -0.05) is 13.8 Å². The molecular formula is C20H26Cl2N4O3. The highest BCUT2D eigenvalue weighted by Gasteiger charge is 2.11. The second-order valence-corrected chi connectivity index (χ2v) is 6.74. The fourth-order valence-corrected chi connectivity index (χ4v) is 2.70. The Balaban J connectivity index is 0.00000210. The van der Waals surface area contributed by atoms with Gasteiger partial charge in [-0.15, -0.1) is 24.8 Å². The summed E-state index contributed by atoms with van der Waals surface area (Å²) in [6, 6.07) is 9.35. The highest BCUT2D eigenvalue weighted by molar-refractivity contribution is 5.85. The van der Waals surface area contributed by atoms with Gasteiger partial charge in [0.05, 0.1) is 10.9 Å². The maximum absolute atomic E-state index is 12.5. The standard InChI is InChI=1S/C20H24N4O3.2ClH/c1-13(2)22-10-15(25)12-27-16-6-4-14(5-7-16)19-23-18-8-9-21-11-17(18)20(26)24(19)3;;/h4-9,11,13,15,22,25H,10,12H2,1-3H3;2*1H. The zero-order chi connectivity index (χ0) is 19.4. The molecule has 0 saturated carbocycles. The lowest BCUT2D eigenvalue weighted by Crippen LogP contribution is -2.35. The highest BCUT2D eigenvalue weighted by Crippen LogP contribution is 2.21. The van der Waals surface area contributed by atoms with Crippen LogP contribution in [0.1, 0.15) is 13.8 Å². The fourth-order valence-electron chi connectivity index (χ4n) is 2.70. The molecule has 9 heteroatoms. The number of nitrogens with one attached hydrogen (secondary N) is 1. The maximum atomic E-state index is 12.5. The number of fused-ring (bicyclic) bond motifs is 1. The Kier molecular flexibility index (Phi) is 9.52. The Labute approximate surface area is 182 Å². The van der Waals surface area contributed by atoms with Crippen molar-refractivity contribution < 1.29 is 9.84 Å². The average Bonchev–Trinajstić information content (AvgIpc) is 2.68. The Morgan fingerprint density at radius 1 is 1.17 bits per heavy atom. The number of benzene rings is 1. The SMILES string of the molecule is CC(C)NCC(O)COc1ccc(-c2nc3ccncc3c(=O)n2C)cc1.Cl.Cl. The Morgan fingerprint density at radius 3 is 2.52 bits per heavy atom. The van der Waals surface area contributed by atoms with Gasteiger partial charge >= 0.3 is 0 Å². The number of nitrogens with zero attached hydrogens (tertiary/aromatic N) is 3. The van der Waals surface area contributed by atoms with E-state index in [1.54, 1.807) is 31.4 Å². The second-order valence-electron chi connectivity index (χ2n) is 6.74. The first kappa shape index (κ1) is 24.8. The Hall–Kier alpha value is -2.19. The molecule has 1 atom stereocenters. The average molecular weight is 441 g/mol. The minimum absolute atomic E-state index is 0. The first-order chi connectivity index (χ1) is 13.0. The summed E-state index contributed by atoms with van der Waals surface area (Å²) in [7, 11) is 1.69. The Morgan fingerprint density at radius 2 is 1.86 bits per heavy atom. The van der Waals surface area contributed by atoms with Crippen molar-refractivity contribution in [2.45, 2.75) is 26.0 Å². The number of pyridine rings is 1. The third-order valence-electron chi connectivity index (χ3n) is 4.19. The van der Waals surface area contributed by atoms with Gasteiger partial charge in [-0.05, 0) is 30.3 Å². The number of aliphatic hydroxyl groups is 1. The van der Waals surface area contributed by atoms with Crippen molar-refractivity contribution in [3.63, 3.8) is 0 Å². The van der Waals surface area contributed by atoms with E-state index in [9.17, 15) is 9.90 Å². The molecule has 7 nitrogen and oxygen atoms in total. The number of halogens is 2. The van der Waals surface area contributed by atoms with Crippen molar-refractivity contribution in [2.75, 3.05) is 13.2 Å². The van der Waals surface area contributed by atoms with Crippen LogP contribution in [0.3, 0.4) is 0 Å². The van der Waals surface area contributed by atoms with Crippen LogP contribution in [0.5, 0.6) is 5.75 Å². The molecule has 2 N–H and O–H groups in total. The van der Waals surface area contributed by atoms with Crippen LogP contribution in [0.4, 0.5) is 0 Å². The van der Waals surface area contributed by atoms with Gasteiger partial charge in [-0.3, -0.25) is 14.3 Å². The highest BCUT2D eigenvalue weighted by atomic mass is 35.5. The number of ether oxygens (including phenoxy) is 1. The van der Waals surface area contributed by atoms with Crippen LogP contribution in [0.2, 0.25) is 0 Å². The number of hydrogen-bond donors (Lipinski definition) is 2. The number of aliphatic hydroxyl groups excluding tert-OH is 1. The summed E-state index contributed by atoms with van der Waals surface area (Å²) >= 11 is 0. The van der Waals surface area contributed by atoms with Crippen LogP contribution >= 0.6 is 24.8 Å². The summed E-state index contributed by atoms with van der Waals surface area (Å²) in [4.78, 5) is 21.1. The smallest absolute Gasteiger partial charge is 0.262 e. The number of hydrogen-bond acceptors (Lipinski definition) is 6. The molecule has 0 amide bonds. The van der Waals surface area contributed by atoms with E-state index in [1.807, 2.05) is 26.0 Å². The lowest BCUT2D eigenvalue weighted by atomic mass is 10.2. The van der Waals surface area contributed by atoms with E-state index < -0.39 is 6.10 Å². The molecule has 0 aliphatic carbocycles. The molecule has 0 fully saturated rings. The van der Waals surface area contributed by atoms with E-state index in [1.165, 1.54) is 10.8 Å². The molecule has 0 saturated heterocycles. The quantitative estimate of drug-likeness (QED) is 0.586. The molecule has 3 aromatic rings. The van der Waals surface area contributed by atoms with E-state index in [2.05, 4.69) is 15.3 Å². The molecular weight excluding hydrogens is 415 g/mol. The summed E-state index contributed by atoms with van der Waals surface area (Å²) in [5.41, 5.74) is 1.29. The van der Waals surface area contributed by atoms with Crippen molar-refractivity contribution >= 4 is 35.7 Å².